The summed E-state index contributed by atoms with van der Waals surface area (Å²) in [7, 11) is 1.49. The van der Waals surface area contributed by atoms with Gasteiger partial charge in [0.05, 0.1) is 7.11 Å². The number of amides is 1. The molecular weight excluding hydrogens is 306 g/mol. The summed E-state index contributed by atoms with van der Waals surface area (Å²) in [6.07, 6.45) is 0. The van der Waals surface area contributed by atoms with E-state index in [4.69, 9.17) is 9.47 Å². The van der Waals surface area contributed by atoms with E-state index in [9.17, 15) is 9.59 Å². The third-order valence-electron chi connectivity index (χ3n) is 3.54. The fourth-order valence-corrected chi connectivity index (χ4v) is 2.11. The van der Waals surface area contributed by atoms with Crippen LogP contribution in [0.2, 0.25) is 0 Å². The monoisotopic (exact) mass is 327 g/mol. The highest BCUT2D eigenvalue weighted by Crippen LogP contribution is 2.28. The topological polar surface area (TPSA) is 64.6 Å². The summed E-state index contributed by atoms with van der Waals surface area (Å²) in [4.78, 5) is 23.3. The van der Waals surface area contributed by atoms with Gasteiger partial charge >= 0.3 is 0 Å². The molecule has 0 unspecified atom stereocenters. The highest BCUT2D eigenvalue weighted by Gasteiger charge is 2.10. The number of carbonyl (C=O) groups is 2. The van der Waals surface area contributed by atoms with E-state index in [-0.39, 0.29) is 18.3 Å². The molecular formula is C19H21NO4. The van der Waals surface area contributed by atoms with E-state index in [1.807, 2.05) is 31.2 Å². The van der Waals surface area contributed by atoms with Crippen LogP contribution in [-0.2, 0) is 11.3 Å². The van der Waals surface area contributed by atoms with Gasteiger partial charge in [0.1, 0.15) is 0 Å². The van der Waals surface area contributed by atoms with Gasteiger partial charge in [0.25, 0.3) is 5.91 Å². The van der Waals surface area contributed by atoms with Gasteiger partial charge in [0, 0.05) is 12.1 Å². The van der Waals surface area contributed by atoms with E-state index >= 15 is 0 Å². The van der Waals surface area contributed by atoms with Crippen LogP contribution in [-0.4, -0.2) is 25.4 Å². The standard InChI is InChI=1S/C19H21NO4/c1-13-4-6-15(7-5-13)11-20-19(22)12-24-17-9-8-16(14(2)21)10-18(17)23-3/h4-10H,11-12H2,1-3H3,(H,20,22). The maximum Gasteiger partial charge on any atom is 0.258 e. The molecule has 126 valence electrons. The summed E-state index contributed by atoms with van der Waals surface area (Å²) in [6.45, 7) is 3.82. The molecule has 0 fully saturated rings. The Morgan fingerprint density at radius 1 is 1.04 bits per heavy atom. The van der Waals surface area contributed by atoms with Crippen molar-refractivity contribution in [3.63, 3.8) is 0 Å². The molecule has 5 nitrogen and oxygen atoms in total. The molecule has 0 aliphatic carbocycles. The van der Waals surface area contributed by atoms with Gasteiger partial charge in [0.15, 0.2) is 23.9 Å². The Hall–Kier alpha value is -2.82. The molecule has 0 bridgehead atoms. The van der Waals surface area contributed by atoms with Gasteiger partial charge in [-0.1, -0.05) is 29.8 Å². The molecule has 5 heteroatoms. The van der Waals surface area contributed by atoms with Crippen molar-refractivity contribution < 1.29 is 19.1 Å². The molecule has 1 amide bonds. The summed E-state index contributed by atoms with van der Waals surface area (Å²) >= 11 is 0. The summed E-state index contributed by atoms with van der Waals surface area (Å²) in [5, 5.41) is 2.80. The number of rotatable bonds is 7. The van der Waals surface area contributed by atoms with Crippen LogP contribution < -0.4 is 14.8 Å². The van der Waals surface area contributed by atoms with E-state index in [1.165, 1.54) is 19.6 Å². The molecule has 0 radical (unpaired) electrons. The molecule has 0 saturated heterocycles. The van der Waals surface area contributed by atoms with Gasteiger partial charge in [-0.15, -0.1) is 0 Å². The van der Waals surface area contributed by atoms with Crippen molar-refractivity contribution in [3.8, 4) is 11.5 Å². The molecule has 0 aromatic heterocycles. The largest absolute Gasteiger partial charge is 0.493 e. The number of ether oxygens (including phenoxy) is 2. The molecule has 0 saturated carbocycles. The number of methoxy groups -OCH3 is 1. The first-order chi connectivity index (χ1) is 11.5. The van der Waals surface area contributed by atoms with Crippen molar-refractivity contribution in [2.75, 3.05) is 13.7 Å². The van der Waals surface area contributed by atoms with Crippen molar-refractivity contribution in [2.45, 2.75) is 20.4 Å². The zero-order chi connectivity index (χ0) is 17.5. The summed E-state index contributed by atoms with van der Waals surface area (Å²) in [6, 6.07) is 12.8. The van der Waals surface area contributed by atoms with E-state index in [1.54, 1.807) is 18.2 Å². The zero-order valence-electron chi connectivity index (χ0n) is 14.1. The second-order valence-corrected chi connectivity index (χ2v) is 5.47. The molecule has 0 aliphatic heterocycles. The van der Waals surface area contributed by atoms with Gasteiger partial charge in [-0.05, 0) is 37.6 Å². The molecule has 0 atom stereocenters. The third-order valence-corrected chi connectivity index (χ3v) is 3.54. The molecule has 2 aromatic carbocycles. The molecule has 0 spiro atoms. The minimum atomic E-state index is -0.228. The Bertz CT molecular complexity index is 723. The minimum absolute atomic E-state index is 0.0595. The first kappa shape index (κ1) is 17.5. The quantitative estimate of drug-likeness (QED) is 0.794. The van der Waals surface area contributed by atoms with E-state index in [2.05, 4.69) is 5.32 Å². The number of benzene rings is 2. The van der Waals surface area contributed by atoms with Crippen LogP contribution in [0, 0.1) is 6.92 Å². The van der Waals surface area contributed by atoms with Gasteiger partial charge in [0.2, 0.25) is 0 Å². The Balaban J connectivity index is 1.89. The smallest absolute Gasteiger partial charge is 0.258 e. The lowest BCUT2D eigenvalue weighted by Crippen LogP contribution is -2.28. The van der Waals surface area contributed by atoms with Crippen LogP contribution in [0.4, 0.5) is 0 Å². The minimum Gasteiger partial charge on any atom is -0.493 e. The number of carbonyl (C=O) groups excluding carboxylic acids is 2. The van der Waals surface area contributed by atoms with Crippen molar-refractivity contribution in [3.05, 3.63) is 59.2 Å². The normalized spacial score (nSPS) is 10.1. The van der Waals surface area contributed by atoms with Crippen LogP contribution in [0.3, 0.4) is 0 Å². The molecule has 0 heterocycles. The molecule has 0 aliphatic rings. The van der Waals surface area contributed by atoms with Crippen molar-refractivity contribution in [2.24, 2.45) is 0 Å². The second kappa shape index (κ2) is 8.15. The van der Waals surface area contributed by atoms with E-state index < -0.39 is 0 Å². The Morgan fingerprint density at radius 2 is 1.75 bits per heavy atom. The Labute approximate surface area is 141 Å². The number of hydrogen-bond donors (Lipinski definition) is 1. The van der Waals surface area contributed by atoms with Gasteiger partial charge in [-0.25, -0.2) is 0 Å². The van der Waals surface area contributed by atoms with E-state index in [0.29, 0.717) is 23.6 Å². The first-order valence-electron chi connectivity index (χ1n) is 7.63. The summed E-state index contributed by atoms with van der Waals surface area (Å²) in [5.41, 5.74) is 2.73. The van der Waals surface area contributed by atoms with Crippen LogP contribution in [0.25, 0.3) is 0 Å². The predicted molar refractivity (Wildman–Crippen MR) is 91.5 cm³/mol. The highest BCUT2D eigenvalue weighted by atomic mass is 16.5. The highest BCUT2D eigenvalue weighted by molar-refractivity contribution is 5.94. The van der Waals surface area contributed by atoms with Gasteiger partial charge < -0.3 is 14.8 Å². The van der Waals surface area contributed by atoms with Crippen molar-refractivity contribution in [1.82, 2.24) is 5.32 Å². The van der Waals surface area contributed by atoms with E-state index in [0.717, 1.165) is 5.56 Å². The Morgan fingerprint density at radius 3 is 2.38 bits per heavy atom. The van der Waals surface area contributed by atoms with Crippen molar-refractivity contribution in [1.29, 1.82) is 0 Å². The predicted octanol–water partition coefficient (Wildman–Crippen LogP) is 2.90. The number of ketones is 1. The number of aryl methyl sites for hydroxylation is 1. The zero-order valence-corrected chi connectivity index (χ0v) is 14.1. The average molecular weight is 327 g/mol. The van der Waals surface area contributed by atoms with Gasteiger partial charge in [-0.2, -0.15) is 0 Å². The lowest BCUT2D eigenvalue weighted by atomic mass is 10.1. The van der Waals surface area contributed by atoms with Crippen LogP contribution >= 0.6 is 0 Å². The lowest BCUT2D eigenvalue weighted by molar-refractivity contribution is -0.123. The van der Waals surface area contributed by atoms with Gasteiger partial charge in [-0.3, -0.25) is 9.59 Å². The number of hydrogen-bond acceptors (Lipinski definition) is 4. The number of Topliss-reactive ketones (excluding diaryl/α,β-unsaturated/α-hetero) is 1. The SMILES string of the molecule is COc1cc(C(C)=O)ccc1OCC(=O)NCc1ccc(C)cc1. The first-order valence-corrected chi connectivity index (χ1v) is 7.63. The summed E-state index contributed by atoms with van der Waals surface area (Å²) < 4.78 is 10.7. The molecule has 1 N–H and O–H groups in total. The van der Waals surface area contributed by atoms with Crippen LogP contribution in [0.15, 0.2) is 42.5 Å². The van der Waals surface area contributed by atoms with Crippen LogP contribution in [0.1, 0.15) is 28.4 Å². The molecule has 2 aromatic rings. The average Bonchev–Trinajstić information content (AvgIpc) is 2.59. The molecule has 2 rings (SSSR count). The fourth-order valence-electron chi connectivity index (χ4n) is 2.11. The number of nitrogens with one attached hydrogen (secondary N) is 1. The van der Waals surface area contributed by atoms with Crippen molar-refractivity contribution >= 4 is 11.7 Å². The lowest BCUT2D eigenvalue weighted by Gasteiger charge is -2.12. The molecule has 24 heavy (non-hydrogen) atoms. The van der Waals surface area contributed by atoms with Crippen LogP contribution in [0.5, 0.6) is 11.5 Å². The summed E-state index contributed by atoms with van der Waals surface area (Å²) in [5.74, 6) is 0.561. The maximum absolute atomic E-state index is 11.9. The third kappa shape index (κ3) is 4.84. The second-order valence-electron chi connectivity index (χ2n) is 5.47. The fraction of sp³-hybridized carbons (Fsp3) is 0.263. The maximum atomic E-state index is 11.9. The Kier molecular flexibility index (Phi) is 5.95.